The highest BCUT2D eigenvalue weighted by atomic mass is 16.3. The number of carbonyl (C=O) groups is 1. The van der Waals surface area contributed by atoms with Gasteiger partial charge in [-0.3, -0.25) is 4.79 Å². The molecule has 3 rings (SSSR count). The molecule has 0 atom stereocenters. The summed E-state index contributed by atoms with van der Waals surface area (Å²) in [4.78, 5) is 12.2. The first-order valence-corrected chi connectivity index (χ1v) is 8.70. The summed E-state index contributed by atoms with van der Waals surface area (Å²) in [5.74, 6) is 0.190. The third-order valence-corrected chi connectivity index (χ3v) is 4.52. The molecule has 26 heavy (non-hydrogen) atoms. The minimum Gasteiger partial charge on any atom is -0.508 e. The van der Waals surface area contributed by atoms with E-state index in [2.05, 4.69) is 10.4 Å². The molecule has 5 nitrogen and oxygen atoms in total. The van der Waals surface area contributed by atoms with Crippen molar-refractivity contribution in [2.45, 2.75) is 33.2 Å². The summed E-state index contributed by atoms with van der Waals surface area (Å²) < 4.78 is 1.90. The van der Waals surface area contributed by atoms with E-state index in [0.29, 0.717) is 19.4 Å². The Morgan fingerprint density at radius 3 is 2.50 bits per heavy atom. The van der Waals surface area contributed by atoms with Crippen molar-refractivity contribution in [1.82, 2.24) is 15.1 Å². The number of aromatic hydroxyl groups is 1. The van der Waals surface area contributed by atoms with Gasteiger partial charge in [0.25, 0.3) is 0 Å². The number of phenols is 1. The molecule has 0 saturated heterocycles. The summed E-state index contributed by atoms with van der Waals surface area (Å²) in [6.45, 7) is 4.41. The predicted molar refractivity (Wildman–Crippen MR) is 101 cm³/mol. The van der Waals surface area contributed by atoms with Crippen LogP contribution < -0.4 is 5.32 Å². The summed E-state index contributed by atoms with van der Waals surface area (Å²) in [5.41, 5.74) is 4.75. The van der Waals surface area contributed by atoms with Crippen LogP contribution in [0.5, 0.6) is 5.75 Å². The molecular formula is C21H23N3O2. The molecule has 0 radical (unpaired) electrons. The van der Waals surface area contributed by atoms with E-state index in [9.17, 15) is 9.90 Å². The minimum atomic E-state index is -0.0421. The minimum absolute atomic E-state index is 0.0421. The van der Waals surface area contributed by atoms with Gasteiger partial charge in [0.2, 0.25) is 5.91 Å². The Morgan fingerprint density at radius 2 is 1.77 bits per heavy atom. The second-order valence-corrected chi connectivity index (χ2v) is 6.30. The number of rotatable bonds is 6. The maximum absolute atomic E-state index is 12.2. The van der Waals surface area contributed by atoms with Gasteiger partial charge in [0.1, 0.15) is 5.75 Å². The van der Waals surface area contributed by atoms with Gasteiger partial charge < -0.3 is 10.4 Å². The van der Waals surface area contributed by atoms with Gasteiger partial charge >= 0.3 is 0 Å². The number of carbonyl (C=O) groups excluding carboxylic acids is 1. The number of nitrogens with one attached hydrogen (secondary N) is 1. The molecular weight excluding hydrogens is 326 g/mol. The Balaban J connectivity index is 1.62. The van der Waals surface area contributed by atoms with Gasteiger partial charge in [-0.25, -0.2) is 4.68 Å². The largest absolute Gasteiger partial charge is 0.508 e. The van der Waals surface area contributed by atoms with Crippen LogP contribution in [-0.2, 0) is 17.8 Å². The van der Waals surface area contributed by atoms with Crippen molar-refractivity contribution in [3.05, 3.63) is 77.1 Å². The molecule has 0 saturated carbocycles. The van der Waals surface area contributed by atoms with Crippen molar-refractivity contribution >= 4 is 5.91 Å². The van der Waals surface area contributed by atoms with Crippen molar-refractivity contribution in [1.29, 1.82) is 0 Å². The van der Waals surface area contributed by atoms with Crippen LogP contribution in [0.15, 0.2) is 54.6 Å². The number of benzene rings is 2. The molecule has 3 aromatic rings. The maximum Gasteiger partial charge on any atom is 0.220 e. The fourth-order valence-electron chi connectivity index (χ4n) is 3.00. The van der Waals surface area contributed by atoms with Gasteiger partial charge in [-0.15, -0.1) is 0 Å². The number of aromatic nitrogens is 2. The summed E-state index contributed by atoms with van der Waals surface area (Å²) in [5, 5.41) is 17.3. The van der Waals surface area contributed by atoms with Crippen LogP contribution in [-0.4, -0.2) is 20.8 Å². The molecule has 1 amide bonds. The molecule has 1 heterocycles. The second kappa shape index (κ2) is 7.87. The number of nitrogens with zero attached hydrogens (tertiary/aromatic N) is 2. The number of aryl methyl sites for hydroxylation is 2. The zero-order valence-electron chi connectivity index (χ0n) is 15.1. The summed E-state index contributed by atoms with van der Waals surface area (Å²) in [7, 11) is 0. The van der Waals surface area contributed by atoms with Crippen LogP contribution in [0.4, 0.5) is 0 Å². The van der Waals surface area contributed by atoms with Gasteiger partial charge in [-0.05, 0) is 44.0 Å². The first-order valence-electron chi connectivity index (χ1n) is 8.70. The zero-order chi connectivity index (χ0) is 18.5. The van der Waals surface area contributed by atoms with Gasteiger partial charge in [0.05, 0.1) is 11.4 Å². The highest BCUT2D eigenvalue weighted by Crippen LogP contribution is 2.19. The summed E-state index contributed by atoms with van der Waals surface area (Å²) >= 11 is 0. The molecule has 2 aromatic carbocycles. The normalized spacial score (nSPS) is 10.7. The molecule has 0 aliphatic heterocycles. The van der Waals surface area contributed by atoms with Gasteiger partial charge in [-0.1, -0.05) is 36.4 Å². The van der Waals surface area contributed by atoms with E-state index in [1.54, 1.807) is 12.1 Å². The first-order chi connectivity index (χ1) is 12.6. The van der Waals surface area contributed by atoms with E-state index < -0.39 is 0 Å². The van der Waals surface area contributed by atoms with Crippen LogP contribution in [0.3, 0.4) is 0 Å². The van der Waals surface area contributed by atoms with Crippen LogP contribution in [0.1, 0.15) is 28.9 Å². The fourth-order valence-corrected chi connectivity index (χ4v) is 3.00. The van der Waals surface area contributed by atoms with Gasteiger partial charge in [0.15, 0.2) is 0 Å². The fraction of sp³-hybridized carbons (Fsp3) is 0.238. The van der Waals surface area contributed by atoms with Crippen LogP contribution >= 0.6 is 0 Å². The molecule has 2 N–H and O–H groups in total. The Kier molecular flexibility index (Phi) is 5.37. The topological polar surface area (TPSA) is 67.2 Å². The Hall–Kier alpha value is -3.08. The number of para-hydroxylation sites is 2. The lowest BCUT2D eigenvalue weighted by Crippen LogP contribution is -2.23. The predicted octanol–water partition coefficient (Wildman–Crippen LogP) is 3.44. The lowest BCUT2D eigenvalue weighted by molar-refractivity contribution is -0.121. The standard InChI is InChI=1S/C21H23N3O2/c1-15-19(16(2)24(23-15)18-9-4-3-5-10-18)14-22-21(26)13-12-17-8-6-7-11-20(17)25/h3-11,25H,12-14H2,1-2H3,(H,22,26). The highest BCUT2D eigenvalue weighted by molar-refractivity contribution is 5.76. The average molecular weight is 349 g/mol. The van der Waals surface area contributed by atoms with Crippen molar-refractivity contribution < 1.29 is 9.90 Å². The molecule has 134 valence electrons. The van der Waals surface area contributed by atoms with Crippen molar-refractivity contribution in [2.75, 3.05) is 0 Å². The number of hydrogen-bond acceptors (Lipinski definition) is 3. The van der Waals surface area contributed by atoms with Crippen molar-refractivity contribution in [3.8, 4) is 11.4 Å². The average Bonchev–Trinajstić information content (AvgIpc) is 2.94. The van der Waals surface area contributed by atoms with E-state index in [1.165, 1.54) is 0 Å². The van der Waals surface area contributed by atoms with Crippen LogP contribution in [0, 0.1) is 13.8 Å². The lowest BCUT2D eigenvalue weighted by Gasteiger charge is -2.08. The van der Waals surface area contributed by atoms with Gasteiger partial charge in [-0.2, -0.15) is 5.10 Å². The maximum atomic E-state index is 12.2. The van der Waals surface area contributed by atoms with E-state index >= 15 is 0 Å². The number of hydrogen-bond donors (Lipinski definition) is 2. The summed E-state index contributed by atoms with van der Waals surface area (Å²) in [6, 6.07) is 17.0. The van der Waals surface area contributed by atoms with E-state index in [4.69, 9.17) is 0 Å². The third kappa shape index (κ3) is 3.94. The van der Waals surface area contributed by atoms with E-state index in [-0.39, 0.29) is 11.7 Å². The van der Waals surface area contributed by atoms with Gasteiger partial charge in [0, 0.05) is 24.2 Å². The SMILES string of the molecule is Cc1nn(-c2ccccc2)c(C)c1CNC(=O)CCc1ccccc1O. The van der Waals surface area contributed by atoms with Crippen LogP contribution in [0.2, 0.25) is 0 Å². The molecule has 0 fully saturated rings. The third-order valence-electron chi connectivity index (χ3n) is 4.52. The molecule has 5 heteroatoms. The number of phenolic OH excluding ortho intramolecular Hbond substituents is 1. The first kappa shape index (κ1) is 17.7. The molecule has 0 aliphatic carbocycles. The van der Waals surface area contributed by atoms with Crippen molar-refractivity contribution in [2.24, 2.45) is 0 Å². The molecule has 0 aliphatic rings. The lowest BCUT2D eigenvalue weighted by atomic mass is 10.1. The Labute approximate surface area is 153 Å². The molecule has 0 unspecified atom stereocenters. The highest BCUT2D eigenvalue weighted by Gasteiger charge is 2.13. The Bertz CT molecular complexity index is 901. The molecule has 0 spiro atoms. The molecule has 1 aromatic heterocycles. The smallest absolute Gasteiger partial charge is 0.220 e. The molecule has 0 bridgehead atoms. The van der Waals surface area contributed by atoms with E-state index in [1.807, 2.05) is 61.0 Å². The second-order valence-electron chi connectivity index (χ2n) is 6.30. The van der Waals surface area contributed by atoms with E-state index in [0.717, 1.165) is 28.2 Å². The number of amides is 1. The van der Waals surface area contributed by atoms with Crippen LogP contribution in [0.25, 0.3) is 5.69 Å². The zero-order valence-corrected chi connectivity index (χ0v) is 15.1. The van der Waals surface area contributed by atoms with Crippen molar-refractivity contribution in [3.63, 3.8) is 0 Å². The Morgan fingerprint density at radius 1 is 1.08 bits per heavy atom. The monoisotopic (exact) mass is 349 g/mol. The summed E-state index contributed by atoms with van der Waals surface area (Å²) in [6.07, 6.45) is 0.849. The quantitative estimate of drug-likeness (QED) is 0.716.